The molecule has 0 saturated heterocycles. The first-order valence-electron chi connectivity index (χ1n) is 4.75. The van der Waals surface area contributed by atoms with E-state index in [4.69, 9.17) is 11.6 Å². The van der Waals surface area contributed by atoms with Gasteiger partial charge >= 0.3 is 10.2 Å². The quantitative estimate of drug-likeness (QED) is 0.865. The number of hydrogen-bond acceptors (Lipinski definition) is 4. The molecular weight excluding hydrogens is 252 g/mol. The molecule has 0 saturated carbocycles. The van der Waals surface area contributed by atoms with E-state index in [0.717, 1.165) is 0 Å². The molecule has 16 heavy (non-hydrogen) atoms. The third kappa shape index (κ3) is 3.03. The molecule has 1 aromatic rings. The molecule has 0 aromatic carbocycles. The molecule has 0 amide bonds. The topological polar surface area (TPSA) is 75.2 Å². The first-order chi connectivity index (χ1) is 7.51. The van der Waals surface area contributed by atoms with Gasteiger partial charge in [0.05, 0.1) is 0 Å². The molecule has 0 spiro atoms. The van der Waals surface area contributed by atoms with Crippen molar-refractivity contribution in [2.75, 3.05) is 17.8 Å². The van der Waals surface area contributed by atoms with E-state index in [1.54, 1.807) is 13.8 Å². The summed E-state index contributed by atoms with van der Waals surface area (Å²) in [5.74, 6) is 0.0380. The molecule has 0 radical (unpaired) electrons. The predicted octanol–water partition coefficient (Wildman–Crippen LogP) is 1.13. The van der Waals surface area contributed by atoms with Crippen molar-refractivity contribution >= 4 is 27.6 Å². The molecule has 0 bridgehead atoms. The summed E-state index contributed by atoms with van der Waals surface area (Å²) in [6.07, 6.45) is 2.75. The number of nitrogens with one attached hydrogen (secondary N) is 1. The van der Waals surface area contributed by atoms with Crippen LogP contribution in [0, 0.1) is 0 Å². The zero-order valence-corrected chi connectivity index (χ0v) is 10.6. The first kappa shape index (κ1) is 13.1. The molecule has 0 aliphatic heterocycles. The van der Waals surface area contributed by atoms with E-state index in [0.29, 0.717) is 13.1 Å². The minimum absolute atomic E-state index is 0.0261. The van der Waals surface area contributed by atoms with Crippen LogP contribution < -0.4 is 4.72 Å². The molecule has 8 heteroatoms. The average molecular weight is 265 g/mol. The van der Waals surface area contributed by atoms with E-state index in [-0.39, 0.29) is 11.0 Å². The van der Waals surface area contributed by atoms with Gasteiger partial charge < -0.3 is 0 Å². The van der Waals surface area contributed by atoms with Gasteiger partial charge in [0.25, 0.3) is 0 Å². The monoisotopic (exact) mass is 264 g/mol. The summed E-state index contributed by atoms with van der Waals surface area (Å²) in [7, 11) is -3.60. The van der Waals surface area contributed by atoms with E-state index in [1.165, 1.54) is 16.7 Å². The Labute approximate surface area is 99.8 Å². The summed E-state index contributed by atoms with van der Waals surface area (Å²) in [5, 5.41) is 0.0261. The summed E-state index contributed by atoms with van der Waals surface area (Å²) in [4.78, 5) is 7.53. The standard InChI is InChI=1S/C8H13ClN4O2S/c1-3-13(4-2)16(14,15)12-8-7(9)10-5-6-11-8/h5-6H,3-4H2,1-2H3,(H,11,12). The van der Waals surface area contributed by atoms with Gasteiger partial charge in [0.15, 0.2) is 11.0 Å². The van der Waals surface area contributed by atoms with Gasteiger partial charge in [-0.3, -0.25) is 4.72 Å². The van der Waals surface area contributed by atoms with E-state index in [1.807, 2.05) is 0 Å². The first-order valence-corrected chi connectivity index (χ1v) is 6.57. The second kappa shape index (κ2) is 5.42. The lowest BCUT2D eigenvalue weighted by Crippen LogP contribution is -2.35. The maximum absolute atomic E-state index is 11.8. The predicted molar refractivity (Wildman–Crippen MR) is 62.5 cm³/mol. The van der Waals surface area contributed by atoms with Crippen molar-refractivity contribution in [3.63, 3.8) is 0 Å². The fourth-order valence-electron chi connectivity index (χ4n) is 1.14. The molecule has 1 aromatic heterocycles. The fraction of sp³-hybridized carbons (Fsp3) is 0.500. The molecule has 90 valence electrons. The number of halogens is 1. The summed E-state index contributed by atoms with van der Waals surface area (Å²) >= 11 is 5.70. The van der Waals surface area contributed by atoms with Gasteiger partial charge in [-0.05, 0) is 0 Å². The Balaban J connectivity index is 2.93. The molecule has 0 atom stereocenters. The van der Waals surface area contributed by atoms with E-state index in [9.17, 15) is 8.42 Å². The molecule has 1 heterocycles. The zero-order valence-electron chi connectivity index (χ0n) is 9.01. The number of hydrogen-bond donors (Lipinski definition) is 1. The van der Waals surface area contributed by atoms with Crippen molar-refractivity contribution in [3.8, 4) is 0 Å². The van der Waals surface area contributed by atoms with Crippen LogP contribution in [0.4, 0.5) is 5.82 Å². The summed E-state index contributed by atoms with van der Waals surface area (Å²) < 4.78 is 27.1. The highest BCUT2D eigenvalue weighted by Crippen LogP contribution is 2.16. The minimum Gasteiger partial charge on any atom is -0.252 e. The Morgan fingerprint density at radius 2 is 1.88 bits per heavy atom. The smallest absolute Gasteiger partial charge is 0.252 e. The fourth-order valence-corrected chi connectivity index (χ4v) is 2.55. The van der Waals surface area contributed by atoms with Crippen LogP contribution >= 0.6 is 11.6 Å². The Morgan fingerprint density at radius 1 is 1.31 bits per heavy atom. The van der Waals surface area contributed by atoms with Crippen LogP contribution in [0.1, 0.15) is 13.8 Å². The van der Waals surface area contributed by atoms with Crippen LogP contribution in [-0.4, -0.2) is 35.8 Å². The molecule has 0 aliphatic carbocycles. The molecule has 0 unspecified atom stereocenters. The van der Waals surface area contributed by atoms with Crippen LogP contribution in [0.15, 0.2) is 12.4 Å². The van der Waals surface area contributed by atoms with Crippen LogP contribution in [0.3, 0.4) is 0 Å². The Bertz CT molecular complexity index is 447. The normalized spacial score (nSPS) is 11.8. The maximum atomic E-state index is 11.8. The summed E-state index contributed by atoms with van der Waals surface area (Å²) in [6.45, 7) is 4.26. The van der Waals surface area contributed by atoms with Crippen molar-refractivity contribution in [1.29, 1.82) is 0 Å². The highest BCUT2D eigenvalue weighted by molar-refractivity contribution is 7.90. The van der Waals surface area contributed by atoms with Crippen molar-refractivity contribution in [3.05, 3.63) is 17.5 Å². The highest BCUT2D eigenvalue weighted by atomic mass is 35.5. The lowest BCUT2D eigenvalue weighted by atomic mass is 10.7. The van der Waals surface area contributed by atoms with Gasteiger partial charge in [0, 0.05) is 25.5 Å². The van der Waals surface area contributed by atoms with Gasteiger partial charge in [-0.25, -0.2) is 9.97 Å². The van der Waals surface area contributed by atoms with Gasteiger partial charge in [-0.15, -0.1) is 0 Å². The van der Waals surface area contributed by atoms with Crippen molar-refractivity contribution in [1.82, 2.24) is 14.3 Å². The molecule has 1 rings (SSSR count). The Kier molecular flexibility index (Phi) is 4.45. The van der Waals surface area contributed by atoms with Crippen LogP contribution in [-0.2, 0) is 10.2 Å². The summed E-state index contributed by atoms with van der Waals surface area (Å²) in [6, 6.07) is 0. The molecule has 6 nitrogen and oxygen atoms in total. The van der Waals surface area contributed by atoms with Crippen molar-refractivity contribution in [2.45, 2.75) is 13.8 Å². The van der Waals surface area contributed by atoms with Crippen LogP contribution in [0.25, 0.3) is 0 Å². The highest BCUT2D eigenvalue weighted by Gasteiger charge is 2.20. The van der Waals surface area contributed by atoms with Crippen LogP contribution in [0.5, 0.6) is 0 Å². The average Bonchev–Trinajstić information content (AvgIpc) is 2.22. The summed E-state index contributed by atoms with van der Waals surface area (Å²) in [5.41, 5.74) is 0. The van der Waals surface area contributed by atoms with Gasteiger partial charge in [0.2, 0.25) is 0 Å². The van der Waals surface area contributed by atoms with Gasteiger partial charge in [-0.2, -0.15) is 12.7 Å². The second-order valence-electron chi connectivity index (χ2n) is 2.89. The van der Waals surface area contributed by atoms with E-state index < -0.39 is 10.2 Å². The molecule has 0 fully saturated rings. The largest absolute Gasteiger partial charge is 0.302 e. The Hall–Kier alpha value is -0.920. The minimum atomic E-state index is -3.60. The van der Waals surface area contributed by atoms with Gasteiger partial charge in [0.1, 0.15) is 0 Å². The van der Waals surface area contributed by atoms with E-state index >= 15 is 0 Å². The van der Waals surface area contributed by atoms with Crippen molar-refractivity contribution < 1.29 is 8.42 Å². The lowest BCUT2D eigenvalue weighted by Gasteiger charge is -2.18. The molecular formula is C8H13ClN4O2S. The lowest BCUT2D eigenvalue weighted by molar-refractivity contribution is 0.449. The third-order valence-corrected chi connectivity index (χ3v) is 3.85. The molecule has 0 aliphatic rings. The number of rotatable bonds is 5. The number of aromatic nitrogens is 2. The third-order valence-electron chi connectivity index (χ3n) is 1.92. The van der Waals surface area contributed by atoms with E-state index in [2.05, 4.69) is 14.7 Å². The van der Waals surface area contributed by atoms with Crippen LogP contribution in [0.2, 0.25) is 5.15 Å². The SMILES string of the molecule is CCN(CC)S(=O)(=O)Nc1nccnc1Cl. The molecule has 1 N–H and O–H groups in total. The Morgan fingerprint density at radius 3 is 2.38 bits per heavy atom. The zero-order chi connectivity index (χ0) is 12.2. The maximum Gasteiger partial charge on any atom is 0.302 e. The van der Waals surface area contributed by atoms with Gasteiger partial charge in [-0.1, -0.05) is 25.4 Å². The number of nitrogens with zero attached hydrogens (tertiary/aromatic N) is 3. The number of anilines is 1. The second-order valence-corrected chi connectivity index (χ2v) is 4.92. The van der Waals surface area contributed by atoms with Crippen molar-refractivity contribution in [2.24, 2.45) is 0 Å².